The Bertz CT molecular complexity index is 1290. The molecule has 0 saturated heterocycles. The predicted octanol–water partition coefficient (Wildman–Crippen LogP) is 6.49. The van der Waals surface area contributed by atoms with Gasteiger partial charge in [0.25, 0.3) is 5.91 Å². The van der Waals surface area contributed by atoms with Gasteiger partial charge in [0, 0.05) is 24.9 Å². The molecule has 0 saturated carbocycles. The molecule has 0 unspecified atom stereocenters. The second-order valence-electron chi connectivity index (χ2n) is 9.95. The van der Waals surface area contributed by atoms with Crippen LogP contribution in [0.25, 0.3) is 0 Å². The van der Waals surface area contributed by atoms with Gasteiger partial charge < -0.3 is 14.7 Å². The van der Waals surface area contributed by atoms with Gasteiger partial charge in [0.1, 0.15) is 23.7 Å². The van der Waals surface area contributed by atoms with Gasteiger partial charge in [0.15, 0.2) is 0 Å². The second kappa shape index (κ2) is 11.3. The number of nitrogens with zero attached hydrogens (tertiary/aromatic N) is 1. The molecular weight excluding hydrogens is 493 g/mol. The first-order valence-electron chi connectivity index (χ1n) is 12.5. The molecule has 7 heteroatoms. The number of amides is 1. The third kappa shape index (κ3) is 6.69. The lowest BCUT2D eigenvalue weighted by Crippen LogP contribution is -2.35. The number of fused-ring (bicyclic) bond motifs is 1. The van der Waals surface area contributed by atoms with Crippen molar-refractivity contribution in [3.05, 3.63) is 99.3 Å². The quantitative estimate of drug-likeness (QED) is 0.330. The van der Waals surface area contributed by atoms with Crippen molar-refractivity contribution >= 4 is 23.5 Å². The molecule has 37 heavy (non-hydrogen) atoms. The fraction of sp³-hybridized carbons (Fsp3) is 0.333. The van der Waals surface area contributed by atoms with E-state index in [4.69, 9.17) is 16.3 Å². The number of aryl methyl sites for hydroxylation is 1. The van der Waals surface area contributed by atoms with E-state index in [0.717, 1.165) is 36.0 Å². The van der Waals surface area contributed by atoms with Crippen LogP contribution in [0.2, 0.25) is 5.02 Å². The number of ether oxygens (including phenoxy) is 1. The molecule has 0 aliphatic carbocycles. The number of carbonyl (C=O) groups excluding carboxylic acids is 1. The number of aliphatic carboxylic acids is 1. The molecule has 0 aromatic heterocycles. The average molecular weight is 524 g/mol. The topological polar surface area (TPSA) is 66.8 Å². The highest BCUT2D eigenvalue weighted by Crippen LogP contribution is 2.38. The standard InChI is InChI=1S/C30H31ClFNO4/c1-3-4-5-20-6-8-21(9-7-20)18-33(19-28(34)35)29(36)23-11-13-27-24(15-23)17-30(2,37-27)16-22-10-12-25(31)26(32)14-22/h6-15H,3-5,16-19H2,1-2H3,(H,34,35)/t30-/m0/s1. The summed E-state index contributed by atoms with van der Waals surface area (Å²) in [5.74, 6) is -1.23. The molecule has 3 aromatic rings. The molecule has 0 radical (unpaired) electrons. The summed E-state index contributed by atoms with van der Waals surface area (Å²) < 4.78 is 20.1. The van der Waals surface area contributed by atoms with Gasteiger partial charge in [0.2, 0.25) is 0 Å². The number of halogens is 2. The first-order chi connectivity index (χ1) is 17.7. The van der Waals surface area contributed by atoms with Crippen LogP contribution in [0.3, 0.4) is 0 Å². The molecule has 0 fully saturated rings. The Morgan fingerprint density at radius 1 is 1.05 bits per heavy atom. The van der Waals surface area contributed by atoms with Crippen molar-refractivity contribution in [1.82, 2.24) is 4.90 Å². The van der Waals surface area contributed by atoms with Crippen LogP contribution >= 0.6 is 11.6 Å². The molecule has 3 aromatic carbocycles. The zero-order valence-corrected chi connectivity index (χ0v) is 21.9. The van der Waals surface area contributed by atoms with Crippen molar-refractivity contribution in [1.29, 1.82) is 0 Å². The van der Waals surface area contributed by atoms with E-state index in [9.17, 15) is 19.1 Å². The van der Waals surface area contributed by atoms with E-state index in [1.54, 1.807) is 24.3 Å². The van der Waals surface area contributed by atoms with Gasteiger partial charge in [-0.3, -0.25) is 9.59 Å². The van der Waals surface area contributed by atoms with Crippen LogP contribution in [0, 0.1) is 5.82 Å². The van der Waals surface area contributed by atoms with Gasteiger partial charge in [-0.15, -0.1) is 0 Å². The fourth-order valence-corrected chi connectivity index (χ4v) is 4.91. The molecule has 5 nitrogen and oxygen atoms in total. The van der Waals surface area contributed by atoms with E-state index in [0.29, 0.717) is 24.2 Å². The van der Waals surface area contributed by atoms with Crippen molar-refractivity contribution in [2.45, 2.75) is 58.1 Å². The highest BCUT2D eigenvalue weighted by atomic mass is 35.5. The number of rotatable bonds is 10. The average Bonchev–Trinajstić information content (AvgIpc) is 3.19. The smallest absolute Gasteiger partial charge is 0.323 e. The molecule has 1 amide bonds. The fourth-order valence-electron chi connectivity index (χ4n) is 4.79. The van der Waals surface area contributed by atoms with Crippen molar-refractivity contribution in [2.24, 2.45) is 0 Å². The lowest BCUT2D eigenvalue weighted by atomic mass is 9.91. The van der Waals surface area contributed by atoms with Gasteiger partial charge in [0.05, 0.1) is 5.02 Å². The van der Waals surface area contributed by atoms with Gasteiger partial charge >= 0.3 is 5.97 Å². The molecule has 194 valence electrons. The Balaban J connectivity index is 1.49. The van der Waals surface area contributed by atoms with E-state index in [1.165, 1.54) is 22.6 Å². The van der Waals surface area contributed by atoms with Gasteiger partial charge in [-0.1, -0.05) is 55.3 Å². The first kappa shape index (κ1) is 26.7. The lowest BCUT2D eigenvalue weighted by molar-refractivity contribution is -0.137. The molecule has 0 spiro atoms. The second-order valence-corrected chi connectivity index (χ2v) is 10.4. The number of hydrogen-bond donors (Lipinski definition) is 1. The Morgan fingerprint density at radius 2 is 1.76 bits per heavy atom. The Kier molecular flexibility index (Phi) is 8.18. The summed E-state index contributed by atoms with van der Waals surface area (Å²) in [7, 11) is 0. The summed E-state index contributed by atoms with van der Waals surface area (Å²) in [5.41, 5.74) is 3.53. The summed E-state index contributed by atoms with van der Waals surface area (Å²) >= 11 is 5.81. The Hall–Kier alpha value is -3.38. The van der Waals surface area contributed by atoms with Crippen molar-refractivity contribution in [2.75, 3.05) is 6.54 Å². The summed E-state index contributed by atoms with van der Waals surface area (Å²) in [6, 6.07) is 17.9. The van der Waals surface area contributed by atoms with Gasteiger partial charge in [-0.05, 0) is 72.4 Å². The Labute approximate surface area is 221 Å². The number of unbranched alkanes of at least 4 members (excludes halogenated alkanes) is 1. The van der Waals surface area contributed by atoms with E-state index >= 15 is 0 Å². The summed E-state index contributed by atoms with van der Waals surface area (Å²) in [6.07, 6.45) is 4.23. The molecular formula is C30H31ClFNO4. The van der Waals surface area contributed by atoms with Crippen LogP contribution in [-0.4, -0.2) is 34.0 Å². The Morgan fingerprint density at radius 3 is 2.43 bits per heavy atom. The monoisotopic (exact) mass is 523 g/mol. The summed E-state index contributed by atoms with van der Waals surface area (Å²) in [4.78, 5) is 26.3. The van der Waals surface area contributed by atoms with Crippen LogP contribution in [-0.2, 0) is 30.6 Å². The normalized spacial score (nSPS) is 16.2. The molecule has 1 aliphatic rings. The van der Waals surface area contributed by atoms with E-state index in [2.05, 4.69) is 6.92 Å². The zero-order valence-electron chi connectivity index (χ0n) is 21.1. The van der Waals surface area contributed by atoms with Crippen molar-refractivity contribution < 1.29 is 23.8 Å². The SMILES string of the molecule is CCCCc1ccc(CN(CC(=O)O)C(=O)c2ccc3c(c2)C[C@](C)(Cc2ccc(Cl)c(F)c2)O3)cc1. The van der Waals surface area contributed by atoms with Gasteiger partial charge in [-0.25, -0.2) is 4.39 Å². The highest BCUT2D eigenvalue weighted by molar-refractivity contribution is 6.30. The number of benzene rings is 3. The minimum absolute atomic E-state index is 0.0750. The minimum atomic E-state index is -1.07. The summed E-state index contributed by atoms with van der Waals surface area (Å²) in [6.45, 7) is 3.90. The lowest BCUT2D eigenvalue weighted by Gasteiger charge is -2.24. The van der Waals surface area contributed by atoms with Crippen LogP contribution in [0.1, 0.15) is 59.3 Å². The largest absolute Gasteiger partial charge is 0.487 e. The maximum absolute atomic E-state index is 13.9. The number of hydrogen-bond acceptors (Lipinski definition) is 3. The summed E-state index contributed by atoms with van der Waals surface area (Å²) in [5, 5.41) is 9.53. The zero-order chi connectivity index (χ0) is 26.6. The predicted molar refractivity (Wildman–Crippen MR) is 142 cm³/mol. The van der Waals surface area contributed by atoms with Gasteiger partial charge in [-0.2, -0.15) is 0 Å². The number of carboxylic acid groups (broad SMARTS) is 1. The van der Waals surface area contributed by atoms with E-state index in [1.807, 2.05) is 31.2 Å². The molecule has 4 rings (SSSR count). The highest BCUT2D eigenvalue weighted by Gasteiger charge is 2.36. The molecule has 1 aliphatic heterocycles. The van der Waals surface area contributed by atoms with Crippen LogP contribution < -0.4 is 4.74 Å². The third-order valence-corrected chi connectivity index (χ3v) is 6.93. The third-order valence-electron chi connectivity index (χ3n) is 6.62. The van der Waals surface area contributed by atoms with E-state index < -0.39 is 23.9 Å². The number of carbonyl (C=O) groups is 2. The van der Waals surface area contributed by atoms with Crippen molar-refractivity contribution in [3.8, 4) is 5.75 Å². The van der Waals surface area contributed by atoms with E-state index in [-0.39, 0.29) is 17.5 Å². The minimum Gasteiger partial charge on any atom is -0.487 e. The molecule has 0 bridgehead atoms. The maximum atomic E-state index is 13.9. The molecule has 1 atom stereocenters. The number of carboxylic acids is 1. The molecule has 1 N–H and O–H groups in total. The van der Waals surface area contributed by atoms with Crippen molar-refractivity contribution in [3.63, 3.8) is 0 Å². The van der Waals surface area contributed by atoms with Crippen LogP contribution in [0.4, 0.5) is 4.39 Å². The first-order valence-corrected chi connectivity index (χ1v) is 12.9. The molecule has 1 heterocycles. The van der Waals surface area contributed by atoms with Crippen LogP contribution in [0.5, 0.6) is 5.75 Å². The van der Waals surface area contributed by atoms with Crippen LogP contribution in [0.15, 0.2) is 60.7 Å². The maximum Gasteiger partial charge on any atom is 0.323 e.